The fourth-order valence-electron chi connectivity index (χ4n) is 1.10. The number of hydrogen-bond donors (Lipinski definition) is 2. The molecular formula is C10H20N2O3. The van der Waals surface area contributed by atoms with Crippen molar-refractivity contribution in [2.45, 2.75) is 39.8 Å². The molecule has 0 rings (SSSR count). The van der Waals surface area contributed by atoms with Crippen molar-refractivity contribution in [2.24, 2.45) is 5.92 Å². The predicted octanol–water partition coefficient (Wildman–Crippen LogP) is 0.892. The van der Waals surface area contributed by atoms with Crippen LogP contribution < -0.4 is 10.6 Å². The second kappa shape index (κ2) is 6.27. The van der Waals surface area contributed by atoms with E-state index in [1.54, 1.807) is 0 Å². The average Bonchev–Trinajstić information content (AvgIpc) is 2.11. The zero-order valence-corrected chi connectivity index (χ0v) is 9.96. The van der Waals surface area contributed by atoms with Crippen molar-refractivity contribution in [3.05, 3.63) is 0 Å². The highest BCUT2D eigenvalue weighted by Crippen LogP contribution is 2.02. The third kappa shape index (κ3) is 5.24. The first-order valence-corrected chi connectivity index (χ1v) is 5.03. The number of alkyl carbamates (subject to hydrolysis) is 1. The highest BCUT2D eigenvalue weighted by molar-refractivity contribution is 5.85. The molecule has 0 heterocycles. The summed E-state index contributed by atoms with van der Waals surface area (Å²) in [6.07, 6.45) is -0.590. The van der Waals surface area contributed by atoms with Gasteiger partial charge in [-0.3, -0.25) is 4.79 Å². The van der Waals surface area contributed by atoms with Crippen LogP contribution in [0.4, 0.5) is 4.79 Å². The van der Waals surface area contributed by atoms with Crippen LogP contribution in [-0.4, -0.2) is 31.2 Å². The zero-order valence-electron chi connectivity index (χ0n) is 9.96. The standard InChI is InChI=1S/C10H20N2O3/c1-6(2)8(12-10(14)15-5)9(13)11-7(3)4/h6-8H,1-5H3,(H,11,13)(H,12,14). The molecule has 0 aliphatic heterocycles. The molecule has 5 heteroatoms. The van der Waals surface area contributed by atoms with Crippen LogP contribution in [0.1, 0.15) is 27.7 Å². The number of carbonyl (C=O) groups excluding carboxylic acids is 2. The molecule has 0 aliphatic carbocycles. The first-order chi connectivity index (χ1) is 6.88. The van der Waals surface area contributed by atoms with Crippen molar-refractivity contribution in [2.75, 3.05) is 7.11 Å². The molecule has 15 heavy (non-hydrogen) atoms. The van der Waals surface area contributed by atoms with Crippen LogP contribution in [0.3, 0.4) is 0 Å². The normalized spacial score (nSPS) is 12.5. The molecule has 0 bridgehead atoms. The van der Waals surface area contributed by atoms with Crippen LogP contribution in [0, 0.1) is 5.92 Å². The molecule has 0 aromatic carbocycles. The van der Waals surface area contributed by atoms with Gasteiger partial charge in [0.2, 0.25) is 5.91 Å². The van der Waals surface area contributed by atoms with Crippen LogP contribution in [-0.2, 0) is 9.53 Å². The van der Waals surface area contributed by atoms with E-state index in [-0.39, 0.29) is 17.9 Å². The lowest BCUT2D eigenvalue weighted by molar-refractivity contribution is -0.124. The Hall–Kier alpha value is -1.26. The molecule has 1 atom stereocenters. The smallest absolute Gasteiger partial charge is 0.407 e. The Morgan fingerprint density at radius 3 is 1.93 bits per heavy atom. The van der Waals surface area contributed by atoms with E-state index < -0.39 is 12.1 Å². The van der Waals surface area contributed by atoms with Gasteiger partial charge in [0.1, 0.15) is 6.04 Å². The van der Waals surface area contributed by atoms with Gasteiger partial charge >= 0.3 is 6.09 Å². The second-order valence-corrected chi connectivity index (χ2v) is 4.02. The molecule has 0 fully saturated rings. The zero-order chi connectivity index (χ0) is 12.0. The molecule has 2 N–H and O–H groups in total. The highest BCUT2D eigenvalue weighted by Gasteiger charge is 2.24. The summed E-state index contributed by atoms with van der Waals surface area (Å²) in [5.74, 6) is -0.173. The molecule has 0 aromatic heterocycles. The summed E-state index contributed by atoms with van der Waals surface area (Å²) in [4.78, 5) is 22.7. The van der Waals surface area contributed by atoms with Crippen molar-refractivity contribution < 1.29 is 14.3 Å². The fourth-order valence-corrected chi connectivity index (χ4v) is 1.10. The molecule has 0 aromatic rings. The number of nitrogens with one attached hydrogen (secondary N) is 2. The quantitative estimate of drug-likeness (QED) is 0.733. The van der Waals surface area contributed by atoms with Gasteiger partial charge in [0.05, 0.1) is 7.11 Å². The van der Waals surface area contributed by atoms with E-state index in [4.69, 9.17) is 0 Å². The van der Waals surface area contributed by atoms with Gasteiger partial charge in [-0.15, -0.1) is 0 Å². The van der Waals surface area contributed by atoms with E-state index in [9.17, 15) is 9.59 Å². The van der Waals surface area contributed by atoms with Gasteiger partial charge in [-0.1, -0.05) is 13.8 Å². The van der Waals surface area contributed by atoms with Gasteiger partial charge in [0.25, 0.3) is 0 Å². The summed E-state index contributed by atoms with van der Waals surface area (Å²) in [6, 6.07) is -0.502. The Labute approximate surface area is 90.6 Å². The first-order valence-electron chi connectivity index (χ1n) is 5.03. The Morgan fingerprint density at radius 1 is 1.07 bits per heavy atom. The number of hydrogen-bond acceptors (Lipinski definition) is 3. The van der Waals surface area contributed by atoms with E-state index >= 15 is 0 Å². The maximum Gasteiger partial charge on any atom is 0.407 e. The van der Waals surface area contributed by atoms with Crippen LogP contribution >= 0.6 is 0 Å². The van der Waals surface area contributed by atoms with Gasteiger partial charge in [-0.25, -0.2) is 4.79 Å². The molecule has 0 saturated heterocycles. The second-order valence-electron chi connectivity index (χ2n) is 4.02. The Balaban J connectivity index is 4.39. The molecule has 1 unspecified atom stereocenters. The minimum atomic E-state index is -0.590. The van der Waals surface area contributed by atoms with Crippen molar-refractivity contribution >= 4 is 12.0 Å². The average molecular weight is 216 g/mol. The molecule has 2 amide bonds. The first kappa shape index (κ1) is 13.7. The lowest BCUT2D eigenvalue weighted by Crippen LogP contribution is -2.51. The molecular weight excluding hydrogens is 196 g/mol. The van der Waals surface area contributed by atoms with E-state index in [0.29, 0.717) is 0 Å². The molecule has 0 radical (unpaired) electrons. The SMILES string of the molecule is COC(=O)NC(C(=O)NC(C)C)C(C)C. The van der Waals surface area contributed by atoms with Crippen molar-refractivity contribution in [3.63, 3.8) is 0 Å². The Kier molecular flexibility index (Phi) is 5.74. The van der Waals surface area contributed by atoms with Gasteiger partial charge < -0.3 is 15.4 Å². The fraction of sp³-hybridized carbons (Fsp3) is 0.800. The van der Waals surface area contributed by atoms with E-state index in [1.165, 1.54) is 7.11 Å². The van der Waals surface area contributed by atoms with Crippen LogP contribution in [0.2, 0.25) is 0 Å². The largest absolute Gasteiger partial charge is 0.453 e. The summed E-state index contributed by atoms with van der Waals surface area (Å²) < 4.78 is 4.46. The summed E-state index contributed by atoms with van der Waals surface area (Å²) in [5.41, 5.74) is 0. The van der Waals surface area contributed by atoms with Gasteiger partial charge in [-0.2, -0.15) is 0 Å². The summed E-state index contributed by atoms with van der Waals surface area (Å²) in [5, 5.41) is 5.24. The van der Waals surface area contributed by atoms with Crippen molar-refractivity contribution in [1.82, 2.24) is 10.6 Å². The third-order valence-electron chi connectivity index (χ3n) is 1.84. The summed E-state index contributed by atoms with van der Waals surface area (Å²) in [6.45, 7) is 7.46. The summed E-state index contributed by atoms with van der Waals surface area (Å²) in [7, 11) is 1.27. The lowest BCUT2D eigenvalue weighted by Gasteiger charge is -2.22. The maximum atomic E-state index is 11.7. The summed E-state index contributed by atoms with van der Waals surface area (Å²) >= 11 is 0. The molecule has 0 saturated carbocycles. The molecule has 5 nitrogen and oxygen atoms in total. The minimum absolute atomic E-state index is 0.0165. The number of carbonyl (C=O) groups is 2. The topological polar surface area (TPSA) is 67.4 Å². The number of amides is 2. The van der Waals surface area contributed by atoms with Gasteiger partial charge in [0.15, 0.2) is 0 Å². The van der Waals surface area contributed by atoms with Crippen molar-refractivity contribution in [1.29, 1.82) is 0 Å². The lowest BCUT2D eigenvalue weighted by atomic mass is 10.0. The van der Waals surface area contributed by atoms with Gasteiger partial charge in [0, 0.05) is 6.04 Å². The molecule has 88 valence electrons. The number of rotatable bonds is 4. The van der Waals surface area contributed by atoms with E-state index in [0.717, 1.165) is 0 Å². The highest BCUT2D eigenvalue weighted by atomic mass is 16.5. The van der Waals surface area contributed by atoms with Crippen LogP contribution in [0.25, 0.3) is 0 Å². The number of methoxy groups -OCH3 is 1. The Morgan fingerprint density at radius 2 is 1.60 bits per heavy atom. The number of ether oxygens (including phenoxy) is 1. The van der Waals surface area contributed by atoms with Gasteiger partial charge in [-0.05, 0) is 19.8 Å². The van der Waals surface area contributed by atoms with Crippen molar-refractivity contribution in [3.8, 4) is 0 Å². The predicted molar refractivity (Wildman–Crippen MR) is 57.4 cm³/mol. The maximum absolute atomic E-state index is 11.7. The third-order valence-corrected chi connectivity index (χ3v) is 1.84. The molecule has 0 spiro atoms. The van der Waals surface area contributed by atoms with Crippen LogP contribution in [0.15, 0.2) is 0 Å². The van der Waals surface area contributed by atoms with Crippen LogP contribution in [0.5, 0.6) is 0 Å². The van der Waals surface area contributed by atoms with E-state index in [2.05, 4.69) is 15.4 Å². The molecule has 0 aliphatic rings. The Bertz CT molecular complexity index is 227. The monoisotopic (exact) mass is 216 g/mol. The van der Waals surface area contributed by atoms with E-state index in [1.807, 2.05) is 27.7 Å². The minimum Gasteiger partial charge on any atom is -0.453 e.